The lowest BCUT2D eigenvalue weighted by Gasteiger charge is -2.33. The van der Waals surface area contributed by atoms with E-state index in [1.807, 2.05) is 43.3 Å². The van der Waals surface area contributed by atoms with Gasteiger partial charge in [-0.05, 0) is 50.1 Å². The third kappa shape index (κ3) is 4.89. The zero-order chi connectivity index (χ0) is 20.9. The molecule has 0 radical (unpaired) electrons. The molecular formula is C23H23ClN4O2. The van der Waals surface area contributed by atoms with Crippen LogP contribution >= 0.6 is 11.6 Å². The number of nitrogens with zero attached hydrogens (tertiary/aromatic N) is 3. The highest BCUT2D eigenvalue weighted by Gasteiger charge is 2.28. The van der Waals surface area contributed by atoms with Crippen molar-refractivity contribution < 1.29 is 9.53 Å². The topological polar surface area (TPSA) is 67.4 Å². The molecule has 2 aromatic carbocycles. The Hall–Kier alpha value is -3.12. The minimum Gasteiger partial charge on any atom is -0.436 e. The standard InChI is InChI=1S/C23H23ClN4O2/c1-16-7-9-20(10-8-16)30-23-21(25-11-12-26-23)28-13-3-4-17(15-28)22(29)27-19-6-2-5-18(24)14-19/h2,5-12,14,17H,3-4,13,15H2,1H3,(H,27,29)/t17-/m0/s1. The van der Waals surface area contributed by atoms with Gasteiger partial charge in [-0.1, -0.05) is 35.4 Å². The number of aryl methyl sites for hydroxylation is 1. The molecule has 1 N–H and O–H groups in total. The highest BCUT2D eigenvalue weighted by Crippen LogP contribution is 2.31. The van der Waals surface area contributed by atoms with E-state index in [0.29, 0.717) is 34.7 Å². The molecule has 4 rings (SSSR count). The second kappa shape index (κ2) is 9.13. The number of anilines is 2. The van der Waals surface area contributed by atoms with Crippen molar-refractivity contribution in [2.75, 3.05) is 23.3 Å². The lowest BCUT2D eigenvalue weighted by atomic mass is 9.97. The van der Waals surface area contributed by atoms with Gasteiger partial charge in [0.1, 0.15) is 5.75 Å². The van der Waals surface area contributed by atoms with Gasteiger partial charge < -0.3 is 15.0 Å². The number of amides is 1. The van der Waals surface area contributed by atoms with Crippen molar-refractivity contribution in [2.45, 2.75) is 19.8 Å². The third-order valence-electron chi connectivity index (χ3n) is 5.07. The summed E-state index contributed by atoms with van der Waals surface area (Å²) in [6.07, 6.45) is 4.96. The molecule has 1 fully saturated rings. The van der Waals surface area contributed by atoms with E-state index in [9.17, 15) is 4.79 Å². The van der Waals surface area contributed by atoms with Crippen molar-refractivity contribution in [3.8, 4) is 11.6 Å². The Kier molecular flexibility index (Phi) is 6.14. The van der Waals surface area contributed by atoms with E-state index >= 15 is 0 Å². The van der Waals surface area contributed by atoms with Crippen molar-refractivity contribution in [3.63, 3.8) is 0 Å². The predicted molar refractivity (Wildman–Crippen MR) is 118 cm³/mol. The van der Waals surface area contributed by atoms with Gasteiger partial charge in [0, 0.05) is 36.2 Å². The molecule has 7 heteroatoms. The van der Waals surface area contributed by atoms with Crippen LogP contribution in [0.5, 0.6) is 11.6 Å². The molecule has 1 amide bonds. The summed E-state index contributed by atoms with van der Waals surface area (Å²) in [4.78, 5) is 23.8. The first-order chi connectivity index (χ1) is 14.6. The van der Waals surface area contributed by atoms with Gasteiger partial charge in [-0.3, -0.25) is 4.79 Å². The lowest BCUT2D eigenvalue weighted by molar-refractivity contribution is -0.120. The molecule has 1 aliphatic rings. The minimum atomic E-state index is -0.160. The predicted octanol–water partition coefficient (Wildman–Crippen LogP) is 5.09. The van der Waals surface area contributed by atoms with Crippen LogP contribution in [-0.2, 0) is 4.79 Å². The van der Waals surface area contributed by atoms with Gasteiger partial charge in [0.05, 0.1) is 5.92 Å². The summed E-state index contributed by atoms with van der Waals surface area (Å²) in [5, 5.41) is 3.56. The van der Waals surface area contributed by atoms with Crippen LogP contribution in [0.25, 0.3) is 0 Å². The average Bonchev–Trinajstić information content (AvgIpc) is 2.76. The van der Waals surface area contributed by atoms with Gasteiger partial charge in [-0.2, -0.15) is 0 Å². The first-order valence-electron chi connectivity index (χ1n) is 9.95. The lowest BCUT2D eigenvalue weighted by Crippen LogP contribution is -2.41. The number of rotatable bonds is 5. The fraction of sp³-hybridized carbons (Fsp3) is 0.261. The van der Waals surface area contributed by atoms with Gasteiger partial charge in [0.2, 0.25) is 5.91 Å². The largest absolute Gasteiger partial charge is 0.436 e. The summed E-state index contributed by atoms with van der Waals surface area (Å²) in [7, 11) is 0. The molecule has 0 bridgehead atoms. The van der Waals surface area contributed by atoms with Gasteiger partial charge in [-0.15, -0.1) is 0 Å². The van der Waals surface area contributed by atoms with Gasteiger partial charge in [0.25, 0.3) is 5.88 Å². The third-order valence-corrected chi connectivity index (χ3v) is 5.30. The number of halogens is 1. The van der Waals surface area contributed by atoms with Crippen LogP contribution in [0.3, 0.4) is 0 Å². The Morgan fingerprint density at radius 2 is 1.97 bits per heavy atom. The fourth-order valence-electron chi connectivity index (χ4n) is 3.52. The number of aromatic nitrogens is 2. The quantitative estimate of drug-likeness (QED) is 0.620. The van der Waals surface area contributed by atoms with Crippen molar-refractivity contribution >= 4 is 29.0 Å². The Bertz CT molecular complexity index is 1030. The number of nitrogens with one attached hydrogen (secondary N) is 1. The normalized spacial score (nSPS) is 16.2. The summed E-state index contributed by atoms with van der Waals surface area (Å²) < 4.78 is 5.99. The van der Waals surface area contributed by atoms with E-state index in [2.05, 4.69) is 20.2 Å². The molecular weight excluding hydrogens is 400 g/mol. The van der Waals surface area contributed by atoms with Crippen molar-refractivity contribution in [2.24, 2.45) is 5.92 Å². The number of carbonyl (C=O) groups excluding carboxylic acids is 1. The number of piperidine rings is 1. The molecule has 30 heavy (non-hydrogen) atoms. The number of carbonyl (C=O) groups is 1. The van der Waals surface area contributed by atoms with Crippen LogP contribution in [0.1, 0.15) is 18.4 Å². The first-order valence-corrected chi connectivity index (χ1v) is 10.3. The summed E-state index contributed by atoms with van der Waals surface area (Å²) in [6.45, 7) is 3.37. The zero-order valence-corrected chi connectivity index (χ0v) is 17.5. The molecule has 0 saturated carbocycles. The zero-order valence-electron chi connectivity index (χ0n) is 16.7. The monoisotopic (exact) mass is 422 g/mol. The van der Waals surface area contributed by atoms with E-state index in [4.69, 9.17) is 16.3 Å². The average molecular weight is 423 g/mol. The second-order valence-corrected chi connectivity index (χ2v) is 7.82. The molecule has 154 valence electrons. The summed E-state index contributed by atoms with van der Waals surface area (Å²) in [6, 6.07) is 15.0. The molecule has 0 spiro atoms. The van der Waals surface area contributed by atoms with Gasteiger partial charge in [0.15, 0.2) is 5.82 Å². The smallest absolute Gasteiger partial charge is 0.263 e. The van der Waals surface area contributed by atoms with Crippen molar-refractivity contribution in [1.29, 1.82) is 0 Å². The highest BCUT2D eigenvalue weighted by atomic mass is 35.5. The summed E-state index contributed by atoms with van der Waals surface area (Å²) in [5.74, 6) is 1.61. The minimum absolute atomic E-state index is 0.0214. The molecule has 0 aliphatic carbocycles. The van der Waals surface area contributed by atoms with Crippen LogP contribution in [-0.4, -0.2) is 29.0 Å². The summed E-state index contributed by atoms with van der Waals surface area (Å²) in [5.41, 5.74) is 1.86. The number of hydrogen-bond acceptors (Lipinski definition) is 5. The molecule has 1 saturated heterocycles. The Labute approximate surface area is 180 Å². The SMILES string of the molecule is Cc1ccc(Oc2nccnc2N2CCC[C@H](C(=O)Nc3cccc(Cl)c3)C2)cc1. The maximum Gasteiger partial charge on any atom is 0.263 e. The number of hydrogen-bond donors (Lipinski definition) is 1. The van der Waals surface area contributed by atoms with E-state index in [1.54, 1.807) is 24.5 Å². The molecule has 3 aromatic rings. The molecule has 0 unspecified atom stereocenters. The fourth-order valence-corrected chi connectivity index (χ4v) is 3.71. The van der Waals surface area contributed by atoms with Crippen LogP contribution in [0.15, 0.2) is 60.9 Å². The van der Waals surface area contributed by atoms with Crippen LogP contribution in [0, 0.1) is 12.8 Å². The van der Waals surface area contributed by atoms with E-state index in [-0.39, 0.29) is 11.8 Å². The van der Waals surface area contributed by atoms with Crippen LogP contribution in [0.2, 0.25) is 5.02 Å². The maximum absolute atomic E-state index is 12.8. The first kappa shape index (κ1) is 20.2. The van der Waals surface area contributed by atoms with Crippen LogP contribution < -0.4 is 15.0 Å². The van der Waals surface area contributed by atoms with Gasteiger partial charge in [-0.25, -0.2) is 9.97 Å². The molecule has 2 heterocycles. The van der Waals surface area contributed by atoms with E-state index in [1.165, 1.54) is 0 Å². The van der Waals surface area contributed by atoms with Gasteiger partial charge >= 0.3 is 0 Å². The Morgan fingerprint density at radius 3 is 2.77 bits per heavy atom. The molecule has 1 aromatic heterocycles. The van der Waals surface area contributed by atoms with E-state index < -0.39 is 0 Å². The number of ether oxygens (including phenoxy) is 1. The highest BCUT2D eigenvalue weighted by molar-refractivity contribution is 6.30. The van der Waals surface area contributed by atoms with Crippen molar-refractivity contribution in [3.05, 3.63) is 71.5 Å². The Balaban J connectivity index is 1.48. The molecule has 1 atom stereocenters. The van der Waals surface area contributed by atoms with Crippen LogP contribution in [0.4, 0.5) is 11.5 Å². The maximum atomic E-state index is 12.8. The molecule has 1 aliphatic heterocycles. The Morgan fingerprint density at radius 1 is 1.17 bits per heavy atom. The molecule has 6 nitrogen and oxygen atoms in total. The second-order valence-electron chi connectivity index (χ2n) is 7.38. The van der Waals surface area contributed by atoms with E-state index in [0.717, 1.165) is 24.9 Å². The van der Waals surface area contributed by atoms with Crippen molar-refractivity contribution in [1.82, 2.24) is 9.97 Å². The summed E-state index contributed by atoms with van der Waals surface area (Å²) >= 11 is 6.02. The number of benzene rings is 2.